The Bertz CT molecular complexity index is 826. The second-order valence-electron chi connectivity index (χ2n) is 6.01. The Morgan fingerprint density at radius 3 is 2.76 bits per heavy atom. The van der Waals surface area contributed by atoms with E-state index in [4.69, 9.17) is 0 Å². The molecule has 0 saturated carbocycles. The minimum atomic E-state index is -0.326. The molecule has 0 fully saturated rings. The second-order valence-corrected chi connectivity index (χ2v) is 6.87. The Morgan fingerprint density at radius 2 is 2.10 bits per heavy atom. The molecule has 3 nitrogen and oxygen atoms in total. The van der Waals surface area contributed by atoms with E-state index in [1.54, 1.807) is 12.3 Å². The van der Waals surface area contributed by atoms with Gasteiger partial charge in [-0.05, 0) is 18.2 Å². The third-order valence-electron chi connectivity index (χ3n) is 3.36. The van der Waals surface area contributed by atoms with Crippen LogP contribution in [0.1, 0.15) is 41.8 Å². The van der Waals surface area contributed by atoms with Crippen LogP contribution in [0.15, 0.2) is 29.8 Å². The molecule has 0 saturated heterocycles. The first-order valence-electron chi connectivity index (χ1n) is 6.63. The highest BCUT2D eigenvalue weighted by Crippen LogP contribution is 2.27. The number of H-pyrrole nitrogens is 1. The van der Waals surface area contributed by atoms with Crippen molar-refractivity contribution in [2.45, 2.75) is 26.2 Å². The molecule has 0 amide bonds. The molecule has 2 heterocycles. The van der Waals surface area contributed by atoms with Crippen molar-refractivity contribution in [3.05, 3.63) is 51.9 Å². The summed E-state index contributed by atoms with van der Waals surface area (Å²) in [5.74, 6) is -0.457. The van der Waals surface area contributed by atoms with Crippen LogP contribution in [0.5, 0.6) is 0 Å². The number of carbonyl (C=O) groups is 1. The molecule has 0 aliphatic heterocycles. The molecule has 108 valence electrons. The van der Waals surface area contributed by atoms with Crippen LogP contribution in [0.3, 0.4) is 0 Å². The largest absolute Gasteiger partial charge is 0.360 e. The third kappa shape index (κ3) is 2.49. The molecule has 0 aliphatic rings. The van der Waals surface area contributed by atoms with Crippen LogP contribution >= 0.6 is 11.3 Å². The van der Waals surface area contributed by atoms with E-state index < -0.39 is 0 Å². The summed E-state index contributed by atoms with van der Waals surface area (Å²) < 4.78 is 13.2. The summed E-state index contributed by atoms with van der Waals surface area (Å²) in [7, 11) is 0. The number of hydrogen-bond donors (Lipinski definition) is 1. The number of fused-ring (bicyclic) bond motifs is 1. The van der Waals surface area contributed by atoms with Crippen LogP contribution in [0.4, 0.5) is 4.39 Å². The second kappa shape index (κ2) is 4.77. The molecule has 0 atom stereocenters. The van der Waals surface area contributed by atoms with Crippen molar-refractivity contribution in [3.8, 4) is 0 Å². The van der Waals surface area contributed by atoms with Crippen molar-refractivity contribution in [1.82, 2.24) is 9.97 Å². The number of halogens is 1. The van der Waals surface area contributed by atoms with Crippen LogP contribution in [0.2, 0.25) is 0 Å². The van der Waals surface area contributed by atoms with Crippen molar-refractivity contribution in [2.24, 2.45) is 0 Å². The summed E-state index contributed by atoms with van der Waals surface area (Å²) in [6.07, 6.45) is 1.62. The Kier molecular flexibility index (Phi) is 3.17. The first kappa shape index (κ1) is 13.9. The van der Waals surface area contributed by atoms with Gasteiger partial charge < -0.3 is 4.98 Å². The van der Waals surface area contributed by atoms with E-state index >= 15 is 0 Å². The van der Waals surface area contributed by atoms with E-state index in [0.717, 1.165) is 5.69 Å². The average Bonchev–Trinajstić information content (AvgIpc) is 3.03. The minimum absolute atomic E-state index is 0.0849. The van der Waals surface area contributed by atoms with Gasteiger partial charge in [0.15, 0.2) is 5.01 Å². The Labute approximate surface area is 125 Å². The molecule has 5 heteroatoms. The van der Waals surface area contributed by atoms with Crippen molar-refractivity contribution < 1.29 is 9.18 Å². The van der Waals surface area contributed by atoms with Crippen LogP contribution in [0.25, 0.3) is 10.9 Å². The van der Waals surface area contributed by atoms with Crippen LogP contribution in [-0.2, 0) is 5.41 Å². The van der Waals surface area contributed by atoms with Gasteiger partial charge in [-0.1, -0.05) is 20.8 Å². The lowest BCUT2D eigenvalue weighted by Gasteiger charge is -2.14. The summed E-state index contributed by atoms with van der Waals surface area (Å²) in [5, 5.41) is 3.10. The van der Waals surface area contributed by atoms with E-state index in [2.05, 4.69) is 30.7 Å². The molecule has 1 aromatic carbocycles. The van der Waals surface area contributed by atoms with Gasteiger partial charge in [-0.15, -0.1) is 11.3 Å². The van der Waals surface area contributed by atoms with Gasteiger partial charge >= 0.3 is 0 Å². The highest BCUT2D eigenvalue weighted by Gasteiger charge is 2.22. The first-order chi connectivity index (χ1) is 9.86. The van der Waals surface area contributed by atoms with Gasteiger partial charge in [0.25, 0.3) is 0 Å². The molecule has 0 radical (unpaired) electrons. The number of ketones is 1. The lowest BCUT2D eigenvalue weighted by atomic mass is 9.93. The van der Waals surface area contributed by atoms with Crippen LogP contribution < -0.4 is 0 Å². The van der Waals surface area contributed by atoms with Gasteiger partial charge in [-0.25, -0.2) is 9.37 Å². The lowest BCUT2D eigenvalue weighted by Crippen LogP contribution is -2.12. The number of aromatic amines is 1. The summed E-state index contributed by atoms with van der Waals surface area (Å²) in [5.41, 5.74) is 1.96. The maximum atomic E-state index is 13.2. The molecule has 3 rings (SSSR count). The summed E-state index contributed by atoms with van der Waals surface area (Å²) in [6, 6.07) is 4.36. The Morgan fingerprint density at radius 1 is 1.33 bits per heavy atom. The zero-order chi connectivity index (χ0) is 15.2. The standard InChI is InChI=1S/C16H15FN2OS/c1-16(2,3)13-8-21-15(19-13)14(20)11-7-18-12-6-9(17)4-5-10(11)12/h4-8,18H,1-3H3. The fraction of sp³-hybridized carbons (Fsp3) is 0.250. The van der Waals surface area contributed by atoms with Crippen molar-refractivity contribution in [1.29, 1.82) is 0 Å². The normalized spacial score (nSPS) is 12.0. The monoisotopic (exact) mass is 302 g/mol. The van der Waals surface area contributed by atoms with E-state index in [1.807, 2.05) is 5.38 Å². The average molecular weight is 302 g/mol. The molecule has 0 aliphatic carbocycles. The molecular formula is C16H15FN2OS. The lowest BCUT2D eigenvalue weighted by molar-refractivity contribution is 0.103. The van der Waals surface area contributed by atoms with E-state index in [9.17, 15) is 9.18 Å². The third-order valence-corrected chi connectivity index (χ3v) is 4.20. The number of rotatable bonds is 2. The number of carbonyl (C=O) groups excluding carboxylic acids is 1. The Hall–Kier alpha value is -2.01. The predicted octanol–water partition coefficient (Wildman–Crippen LogP) is 4.29. The fourth-order valence-corrected chi connectivity index (χ4v) is 3.12. The van der Waals surface area contributed by atoms with Crippen LogP contribution in [0, 0.1) is 5.82 Å². The molecule has 3 aromatic rings. The highest BCUT2D eigenvalue weighted by atomic mass is 32.1. The molecule has 21 heavy (non-hydrogen) atoms. The number of benzene rings is 1. The van der Waals surface area contributed by atoms with Gasteiger partial charge in [0.05, 0.1) is 11.3 Å². The molecule has 0 unspecified atom stereocenters. The van der Waals surface area contributed by atoms with E-state index in [0.29, 0.717) is 21.5 Å². The number of thiazole rings is 1. The SMILES string of the molecule is CC(C)(C)c1csc(C(=O)c2c[nH]c3cc(F)ccc23)n1. The van der Waals surface area contributed by atoms with Crippen molar-refractivity contribution >= 4 is 28.0 Å². The topological polar surface area (TPSA) is 45.8 Å². The zero-order valence-electron chi connectivity index (χ0n) is 12.0. The quantitative estimate of drug-likeness (QED) is 0.718. The number of aromatic nitrogens is 2. The zero-order valence-corrected chi connectivity index (χ0v) is 12.8. The molecule has 1 N–H and O–H groups in total. The van der Waals surface area contributed by atoms with Gasteiger partial charge in [-0.3, -0.25) is 4.79 Å². The molecular weight excluding hydrogens is 287 g/mol. The predicted molar refractivity (Wildman–Crippen MR) is 82.5 cm³/mol. The Balaban J connectivity index is 2.03. The maximum absolute atomic E-state index is 13.2. The molecule has 0 bridgehead atoms. The first-order valence-corrected chi connectivity index (χ1v) is 7.51. The number of nitrogens with one attached hydrogen (secondary N) is 1. The van der Waals surface area contributed by atoms with Gasteiger partial charge in [0.1, 0.15) is 5.82 Å². The number of nitrogens with zero attached hydrogens (tertiary/aromatic N) is 1. The van der Waals surface area contributed by atoms with Crippen molar-refractivity contribution in [2.75, 3.05) is 0 Å². The van der Waals surface area contributed by atoms with E-state index in [1.165, 1.54) is 23.5 Å². The summed E-state index contributed by atoms with van der Waals surface area (Å²) >= 11 is 1.35. The number of hydrogen-bond acceptors (Lipinski definition) is 3. The summed E-state index contributed by atoms with van der Waals surface area (Å²) in [4.78, 5) is 20.0. The minimum Gasteiger partial charge on any atom is -0.360 e. The maximum Gasteiger partial charge on any atom is 0.223 e. The fourth-order valence-electron chi connectivity index (χ4n) is 2.12. The van der Waals surface area contributed by atoms with Gasteiger partial charge in [0.2, 0.25) is 5.78 Å². The van der Waals surface area contributed by atoms with Crippen LogP contribution in [-0.4, -0.2) is 15.8 Å². The van der Waals surface area contributed by atoms with E-state index in [-0.39, 0.29) is 17.0 Å². The van der Waals surface area contributed by atoms with Gasteiger partial charge in [-0.2, -0.15) is 0 Å². The highest BCUT2D eigenvalue weighted by molar-refractivity contribution is 7.12. The van der Waals surface area contributed by atoms with Gasteiger partial charge in [0, 0.05) is 27.9 Å². The smallest absolute Gasteiger partial charge is 0.223 e. The molecule has 0 spiro atoms. The molecule has 2 aromatic heterocycles. The summed E-state index contributed by atoms with van der Waals surface area (Å²) in [6.45, 7) is 6.18. The van der Waals surface area contributed by atoms with Crippen molar-refractivity contribution in [3.63, 3.8) is 0 Å².